The number of rotatable bonds is 6. The monoisotopic (exact) mass is 308 g/mol. The predicted molar refractivity (Wildman–Crippen MR) is 80.9 cm³/mol. The summed E-state index contributed by atoms with van der Waals surface area (Å²) >= 11 is 0. The van der Waals surface area contributed by atoms with Crippen LogP contribution in [0.1, 0.15) is 74.1 Å². The number of ether oxygens (including phenoxy) is 1. The van der Waals surface area contributed by atoms with Crippen LogP contribution in [0.3, 0.4) is 0 Å². The van der Waals surface area contributed by atoms with E-state index in [1.807, 2.05) is 20.8 Å². The molecular weight excluding hydrogens is 276 g/mol. The fourth-order valence-electron chi connectivity index (χ4n) is 1.07. The standard InChI is InChI=1S/C10H22O2.C5H10O4/c1-5-6-7-8-9-11-12-10(2,3)4;1-5(2,3)8-4(6)9-7/h5-9H2,1-4H3;7H,1-3H3. The zero-order chi connectivity index (χ0) is 16.9. The summed E-state index contributed by atoms with van der Waals surface area (Å²) in [4.78, 5) is 23.6. The Kier molecular flexibility index (Phi) is 12.6. The van der Waals surface area contributed by atoms with Crippen LogP contribution in [-0.2, 0) is 19.4 Å². The third kappa shape index (κ3) is 24.5. The molecule has 0 aromatic carbocycles. The van der Waals surface area contributed by atoms with Crippen molar-refractivity contribution in [1.29, 1.82) is 0 Å². The van der Waals surface area contributed by atoms with Gasteiger partial charge in [-0.1, -0.05) is 26.2 Å². The van der Waals surface area contributed by atoms with Gasteiger partial charge in [-0.15, -0.1) is 0 Å². The van der Waals surface area contributed by atoms with Gasteiger partial charge < -0.3 is 4.74 Å². The molecule has 6 heteroatoms. The molecule has 0 heterocycles. The molecule has 0 aromatic rings. The molecule has 1 N–H and O–H groups in total. The van der Waals surface area contributed by atoms with E-state index in [0.29, 0.717) is 0 Å². The lowest BCUT2D eigenvalue weighted by Crippen LogP contribution is -2.23. The predicted octanol–water partition coefficient (Wildman–Crippen LogP) is 4.72. The van der Waals surface area contributed by atoms with Crippen molar-refractivity contribution >= 4 is 6.16 Å². The SMILES string of the molecule is CC(C)(C)OC(=O)OO.CCCCCCOOC(C)(C)C. The highest BCUT2D eigenvalue weighted by Gasteiger charge is 2.16. The lowest BCUT2D eigenvalue weighted by molar-refractivity contribution is -0.348. The van der Waals surface area contributed by atoms with Gasteiger partial charge in [0.1, 0.15) is 5.60 Å². The molecule has 0 saturated heterocycles. The van der Waals surface area contributed by atoms with Crippen molar-refractivity contribution < 1.29 is 29.5 Å². The molecule has 6 nitrogen and oxygen atoms in total. The Hall–Kier alpha value is -0.850. The summed E-state index contributed by atoms with van der Waals surface area (Å²) < 4.78 is 4.48. The Bertz CT molecular complexity index is 252. The van der Waals surface area contributed by atoms with Crippen molar-refractivity contribution in [3.63, 3.8) is 0 Å². The molecule has 21 heavy (non-hydrogen) atoms. The smallest absolute Gasteiger partial charge is 0.427 e. The largest absolute Gasteiger partial charge is 0.540 e. The summed E-state index contributed by atoms with van der Waals surface area (Å²) in [5.74, 6) is 0. The first-order valence-corrected chi connectivity index (χ1v) is 7.37. The normalized spacial score (nSPS) is 11.4. The Morgan fingerprint density at radius 3 is 1.86 bits per heavy atom. The first-order valence-electron chi connectivity index (χ1n) is 7.37. The maximum Gasteiger partial charge on any atom is 0.540 e. The first kappa shape index (κ1) is 22.4. The second-order valence-corrected chi connectivity index (χ2v) is 6.63. The highest BCUT2D eigenvalue weighted by atomic mass is 17.2. The van der Waals surface area contributed by atoms with E-state index in [1.165, 1.54) is 19.3 Å². The minimum atomic E-state index is -1.08. The quantitative estimate of drug-likeness (QED) is 0.331. The van der Waals surface area contributed by atoms with E-state index < -0.39 is 11.8 Å². The van der Waals surface area contributed by atoms with Crippen LogP contribution in [0.4, 0.5) is 4.79 Å². The van der Waals surface area contributed by atoms with Crippen molar-refractivity contribution in [2.24, 2.45) is 0 Å². The topological polar surface area (TPSA) is 74.2 Å². The number of carbonyl (C=O) groups excluding carboxylic acids is 1. The Morgan fingerprint density at radius 1 is 0.952 bits per heavy atom. The molecule has 0 amide bonds. The Labute approximate surface area is 128 Å². The van der Waals surface area contributed by atoms with Crippen LogP contribution in [-0.4, -0.2) is 29.2 Å². The number of carbonyl (C=O) groups is 1. The van der Waals surface area contributed by atoms with E-state index >= 15 is 0 Å². The maximum absolute atomic E-state index is 10.1. The number of unbranched alkanes of at least 4 members (excludes halogenated alkanes) is 3. The molecule has 0 aliphatic rings. The Balaban J connectivity index is 0. The highest BCUT2D eigenvalue weighted by Crippen LogP contribution is 2.08. The molecule has 0 aliphatic carbocycles. The second-order valence-electron chi connectivity index (χ2n) is 6.63. The molecule has 0 fully saturated rings. The lowest BCUT2D eigenvalue weighted by Gasteiger charge is -2.17. The van der Waals surface area contributed by atoms with Gasteiger partial charge in [0.05, 0.1) is 12.2 Å². The van der Waals surface area contributed by atoms with Crippen molar-refractivity contribution in [3.05, 3.63) is 0 Å². The zero-order valence-electron chi connectivity index (χ0n) is 14.5. The van der Waals surface area contributed by atoms with E-state index in [-0.39, 0.29) is 5.60 Å². The van der Waals surface area contributed by atoms with Crippen LogP contribution < -0.4 is 0 Å². The summed E-state index contributed by atoms with van der Waals surface area (Å²) in [5.41, 5.74) is -0.787. The Morgan fingerprint density at radius 2 is 1.52 bits per heavy atom. The van der Waals surface area contributed by atoms with Gasteiger partial charge in [-0.05, 0) is 48.0 Å². The van der Waals surface area contributed by atoms with Crippen LogP contribution in [0.25, 0.3) is 0 Å². The minimum Gasteiger partial charge on any atom is -0.427 e. The average molecular weight is 308 g/mol. The number of hydrogen-bond acceptors (Lipinski definition) is 6. The molecule has 0 rings (SSSR count). The van der Waals surface area contributed by atoms with Crippen molar-refractivity contribution in [2.45, 2.75) is 85.4 Å². The molecule has 0 spiro atoms. The molecule has 0 unspecified atom stereocenters. The van der Waals surface area contributed by atoms with E-state index in [9.17, 15) is 4.79 Å². The van der Waals surface area contributed by atoms with Crippen LogP contribution >= 0.6 is 0 Å². The van der Waals surface area contributed by atoms with Gasteiger partial charge in [0.25, 0.3) is 0 Å². The summed E-state index contributed by atoms with van der Waals surface area (Å²) in [6, 6.07) is 0. The third-order valence-electron chi connectivity index (χ3n) is 1.85. The number of hydrogen-bond donors (Lipinski definition) is 1. The molecule has 0 aliphatic heterocycles. The fraction of sp³-hybridized carbons (Fsp3) is 0.933. The third-order valence-corrected chi connectivity index (χ3v) is 1.85. The highest BCUT2D eigenvalue weighted by molar-refractivity contribution is 5.59. The molecule has 0 saturated carbocycles. The van der Waals surface area contributed by atoms with Crippen LogP contribution in [0, 0.1) is 0 Å². The van der Waals surface area contributed by atoms with E-state index in [0.717, 1.165) is 13.0 Å². The molecular formula is C15H32O6. The minimum absolute atomic E-state index is 0.176. The average Bonchev–Trinajstić information content (AvgIpc) is 2.31. The second kappa shape index (κ2) is 11.8. The lowest BCUT2D eigenvalue weighted by atomic mass is 10.2. The van der Waals surface area contributed by atoms with Crippen LogP contribution in [0.5, 0.6) is 0 Å². The van der Waals surface area contributed by atoms with Gasteiger partial charge in [0.2, 0.25) is 0 Å². The fourth-order valence-corrected chi connectivity index (χ4v) is 1.07. The summed E-state index contributed by atoms with van der Waals surface area (Å²) in [7, 11) is 0. The van der Waals surface area contributed by atoms with Crippen LogP contribution in [0.2, 0.25) is 0 Å². The molecule has 0 bridgehead atoms. The van der Waals surface area contributed by atoms with Crippen LogP contribution in [0.15, 0.2) is 0 Å². The molecule has 128 valence electrons. The van der Waals surface area contributed by atoms with Gasteiger partial charge in [0.15, 0.2) is 0 Å². The van der Waals surface area contributed by atoms with Gasteiger partial charge >= 0.3 is 6.16 Å². The van der Waals surface area contributed by atoms with Gasteiger partial charge in [-0.25, -0.2) is 14.6 Å². The van der Waals surface area contributed by atoms with Gasteiger partial charge in [0, 0.05) is 0 Å². The van der Waals surface area contributed by atoms with E-state index in [4.69, 9.17) is 15.0 Å². The van der Waals surface area contributed by atoms with Crippen molar-refractivity contribution in [3.8, 4) is 0 Å². The maximum atomic E-state index is 10.1. The zero-order valence-corrected chi connectivity index (χ0v) is 14.5. The van der Waals surface area contributed by atoms with E-state index in [1.54, 1.807) is 20.8 Å². The molecule has 0 atom stereocenters. The van der Waals surface area contributed by atoms with Gasteiger partial charge in [-0.3, -0.25) is 4.89 Å². The van der Waals surface area contributed by atoms with Gasteiger partial charge in [-0.2, -0.15) is 5.26 Å². The first-order chi connectivity index (χ1) is 9.52. The van der Waals surface area contributed by atoms with Crippen molar-refractivity contribution in [2.75, 3.05) is 6.61 Å². The van der Waals surface area contributed by atoms with E-state index in [2.05, 4.69) is 16.5 Å². The van der Waals surface area contributed by atoms with Crippen molar-refractivity contribution in [1.82, 2.24) is 0 Å². The molecule has 0 radical (unpaired) electrons. The summed E-state index contributed by atoms with van der Waals surface area (Å²) in [6.45, 7) is 13.9. The summed E-state index contributed by atoms with van der Waals surface area (Å²) in [6.07, 6.45) is 3.81. The summed E-state index contributed by atoms with van der Waals surface area (Å²) in [5, 5.41) is 7.72. The molecule has 0 aromatic heterocycles.